The Morgan fingerprint density at radius 2 is 1.97 bits per heavy atom. The number of anilines is 1. The van der Waals surface area contributed by atoms with Crippen molar-refractivity contribution in [2.75, 3.05) is 44.4 Å². The number of aryl methyl sites for hydroxylation is 2. The summed E-state index contributed by atoms with van der Waals surface area (Å²) in [5.41, 5.74) is 6.19. The number of pyridine rings is 1. The van der Waals surface area contributed by atoms with Gasteiger partial charge in [-0.2, -0.15) is 0 Å². The van der Waals surface area contributed by atoms with E-state index < -0.39 is 0 Å². The first kappa shape index (κ1) is 18.5. The zero-order valence-electron chi connectivity index (χ0n) is 17.3. The van der Waals surface area contributed by atoms with Crippen molar-refractivity contribution in [3.63, 3.8) is 0 Å². The van der Waals surface area contributed by atoms with Gasteiger partial charge in [-0.05, 0) is 37.1 Å². The maximum absolute atomic E-state index is 12.5. The predicted molar refractivity (Wildman–Crippen MR) is 116 cm³/mol. The van der Waals surface area contributed by atoms with Crippen LogP contribution in [0.25, 0.3) is 16.5 Å². The molecule has 5 rings (SSSR count). The van der Waals surface area contributed by atoms with Gasteiger partial charge < -0.3 is 18.9 Å². The fourth-order valence-corrected chi connectivity index (χ4v) is 4.85. The Balaban J connectivity index is 1.69. The van der Waals surface area contributed by atoms with Crippen molar-refractivity contribution >= 4 is 22.2 Å². The molecule has 0 amide bonds. The lowest BCUT2D eigenvalue weighted by molar-refractivity contribution is 0.0323. The molecule has 1 saturated heterocycles. The van der Waals surface area contributed by atoms with Crippen LogP contribution in [0.2, 0.25) is 0 Å². The monoisotopic (exact) mass is 393 g/mol. The van der Waals surface area contributed by atoms with Crippen LogP contribution in [0.4, 0.5) is 5.69 Å². The first-order valence-electron chi connectivity index (χ1n) is 10.2. The molecule has 3 aliphatic rings. The zero-order valence-corrected chi connectivity index (χ0v) is 17.3. The van der Waals surface area contributed by atoms with Crippen molar-refractivity contribution in [3.8, 4) is 5.75 Å². The summed E-state index contributed by atoms with van der Waals surface area (Å²) in [5.74, 6) is 0.799. The van der Waals surface area contributed by atoms with Crippen molar-refractivity contribution in [2.24, 2.45) is 7.05 Å². The normalized spacial score (nSPS) is 21.8. The van der Waals surface area contributed by atoms with E-state index in [1.165, 1.54) is 5.57 Å². The molecule has 1 fully saturated rings. The van der Waals surface area contributed by atoms with Crippen LogP contribution < -0.4 is 15.2 Å². The molecule has 0 aliphatic carbocycles. The highest BCUT2D eigenvalue weighted by Crippen LogP contribution is 2.49. The molecular weight excluding hydrogens is 366 g/mol. The molecule has 0 N–H and O–H groups in total. The lowest BCUT2D eigenvalue weighted by Gasteiger charge is -2.44. The Labute approximate surface area is 170 Å². The molecular formula is C23H27N3O3. The van der Waals surface area contributed by atoms with Gasteiger partial charge >= 0.3 is 0 Å². The lowest BCUT2D eigenvalue weighted by Crippen LogP contribution is -2.52. The highest BCUT2D eigenvalue weighted by molar-refractivity contribution is 6.01. The largest absolute Gasteiger partial charge is 0.487 e. The third kappa shape index (κ3) is 2.81. The van der Waals surface area contributed by atoms with Gasteiger partial charge in [0.05, 0.1) is 30.5 Å². The summed E-state index contributed by atoms with van der Waals surface area (Å²) in [5, 5.41) is 1.06. The van der Waals surface area contributed by atoms with E-state index in [4.69, 9.17) is 9.47 Å². The fraction of sp³-hybridized carbons (Fsp3) is 0.435. The molecule has 0 spiro atoms. The molecule has 1 unspecified atom stereocenters. The van der Waals surface area contributed by atoms with Crippen LogP contribution in [0.5, 0.6) is 5.75 Å². The second-order valence-corrected chi connectivity index (χ2v) is 8.29. The lowest BCUT2D eigenvalue weighted by atomic mass is 9.92. The average Bonchev–Trinajstić information content (AvgIpc) is 2.70. The van der Waals surface area contributed by atoms with E-state index in [1.807, 2.05) is 14.0 Å². The quantitative estimate of drug-likeness (QED) is 0.785. The summed E-state index contributed by atoms with van der Waals surface area (Å²) in [4.78, 5) is 17.2. The summed E-state index contributed by atoms with van der Waals surface area (Å²) < 4.78 is 13.6. The Kier molecular flexibility index (Phi) is 4.29. The summed E-state index contributed by atoms with van der Waals surface area (Å²) >= 11 is 0. The minimum absolute atomic E-state index is 0.0151. The van der Waals surface area contributed by atoms with Crippen molar-refractivity contribution in [1.82, 2.24) is 9.47 Å². The van der Waals surface area contributed by atoms with Crippen molar-refractivity contribution in [2.45, 2.75) is 19.9 Å². The molecule has 0 saturated carbocycles. The van der Waals surface area contributed by atoms with E-state index >= 15 is 0 Å². The van der Waals surface area contributed by atoms with Crippen molar-refractivity contribution in [3.05, 3.63) is 52.0 Å². The van der Waals surface area contributed by atoms with Crippen LogP contribution in [0.3, 0.4) is 0 Å². The number of aromatic nitrogens is 1. The van der Waals surface area contributed by atoms with Crippen LogP contribution in [-0.4, -0.2) is 55.0 Å². The topological polar surface area (TPSA) is 46.9 Å². The van der Waals surface area contributed by atoms with Gasteiger partial charge in [0, 0.05) is 49.4 Å². The van der Waals surface area contributed by atoms with Crippen LogP contribution in [0.1, 0.15) is 18.1 Å². The number of allylic oxidation sites excluding steroid dienone is 2. The van der Waals surface area contributed by atoms with Gasteiger partial charge in [-0.1, -0.05) is 6.58 Å². The molecule has 1 atom stereocenters. The first-order valence-corrected chi connectivity index (χ1v) is 10.2. The maximum Gasteiger partial charge on any atom is 0.251 e. The Morgan fingerprint density at radius 3 is 2.72 bits per heavy atom. The zero-order chi connectivity index (χ0) is 20.3. The number of rotatable bonds is 2. The minimum atomic E-state index is -0.0151. The van der Waals surface area contributed by atoms with E-state index in [-0.39, 0.29) is 11.6 Å². The first-order chi connectivity index (χ1) is 14.0. The van der Waals surface area contributed by atoms with E-state index in [2.05, 4.69) is 35.4 Å². The number of hydrogen-bond donors (Lipinski definition) is 0. The van der Waals surface area contributed by atoms with Gasteiger partial charge in [0.2, 0.25) is 0 Å². The second kappa shape index (κ2) is 6.75. The molecule has 1 aromatic heterocycles. The molecule has 152 valence electrons. The number of fused-ring (bicyclic) bond motifs is 2. The van der Waals surface area contributed by atoms with Crippen LogP contribution in [0.15, 0.2) is 35.3 Å². The molecule has 4 heterocycles. The maximum atomic E-state index is 12.5. The molecule has 2 aromatic rings. The predicted octanol–water partition coefficient (Wildman–Crippen LogP) is 2.68. The molecule has 0 bridgehead atoms. The van der Waals surface area contributed by atoms with E-state index in [0.29, 0.717) is 6.61 Å². The number of nitrogens with zero attached hydrogens (tertiary/aromatic N) is 3. The van der Waals surface area contributed by atoms with Crippen LogP contribution in [-0.2, 0) is 11.8 Å². The standard InChI is InChI=1S/C23H27N3O3/c1-14-9-16(3)26-17(12-25-5-7-28-8-6-25)13-29-23-21-18(11-19(14)22(23)26)15(2)10-20(27)24(21)4/h9-11,17H,3,5-8,12-13H2,1-2,4H3. The smallest absolute Gasteiger partial charge is 0.251 e. The summed E-state index contributed by atoms with van der Waals surface area (Å²) in [6.07, 6.45) is 2.16. The molecule has 6 nitrogen and oxygen atoms in total. The van der Waals surface area contributed by atoms with Crippen molar-refractivity contribution < 1.29 is 9.47 Å². The minimum Gasteiger partial charge on any atom is -0.487 e. The highest BCUT2D eigenvalue weighted by atomic mass is 16.5. The summed E-state index contributed by atoms with van der Waals surface area (Å²) in [6.45, 7) is 13.4. The van der Waals surface area contributed by atoms with Crippen LogP contribution >= 0.6 is 0 Å². The Bertz CT molecular complexity index is 1110. The molecule has 0 radical (unpaired) electrons. The van der Waals surface area contributed by atoms with E-state index in [9.17, 15) is 4.79 Å². The average molecular weight is 393 g/mol. The van der Waals surface area contributed by atoms with Gasteiger partial charge in [0.25, 0.3) is 5.56 Å². The van der Waals surface area contributed by atoms with Gasteiger partial charge in [0.1, 0.15) is 6.61 Å². The molecule has 29 heavy (non-hydrogen) atoms. The van der Waals surface area contributed by atoms with Gasteiger partial charge in [-0.15, -0.1) is 0 Å². The summed E-state index contributed by atoms with van der Waals surface area (Å²) in [7, 11) is 1.82. The highest BCUT2D eigenvalue weighted by Gasteiger charge is 2.37. The third-order valence-corrected chi connectivity index (χ3v) is 6.38. The number of morpholine rings is 1. The van der Waals surface area contributed by atoms with Crippen LogP contribution in [0, 0.1) is 6.92 Å². The van der Waals surface area contributed by atoms with Gasteiger partial charge in [-0.3, -0.25) is 9.69 Å². The Morgan fingerprint density at radius 1 is 1.21 bits per heavy atom. The number of hydrogen-bond acceptors (Lipinski definition) is 5. The van der Waals surface area contributed by atoms with Gasteiger partial charge in [0.15, 0.2) is 5.75 Å². The second-order valence-electron chi connectivity index (χ2n) is 8.29. The molecule has 6 heteroatoms. The SMILES string of the molecule is C=C1C=C(C)c2cc3c(C)cc(=O)n(C)c3c3c2N1C(CN1CCOCC1)CO3. The van der Waals surface area contributed by atoms with E-state index in [1.54, 1.807) is 10.6 Å². The number of ether oxygens (including phenoxy) is 2. The van der Waals surface area contributed by atoms with E-state index in [0.717, 1.165) is 72.0 Å². The summed E-state index contributed by atoms with van der Waals surface area (Å²) in [6, 6.07) is 4.08. The fourth-order valence-electron chi connectivity index (χ4n) is 4.85. The van der Waals surface area contributed by atoms with Crippen molar-refractivity contribution in [1.29, 1.82) is 0 Å². The third-order valence-electron chi connectivity index (χ3n) is 6.38. The Hall–Kier alpha value is -2.57. The molecule has 3 aliphatic heterocycles. The number of benzene rings is 1. The molecule has 1 aromatic carbocycles. The van der Waals surface area contributed by atoms with Gasteiger partial charge in [-0.25, -0.2) is 0 Å².